The molecular weight excluding hydrogens is 352 g/mol. The van der Waals surface area contributed by atoms with Gasteiger partial charge in [0, 0.05) is 0 Å². The molecule has 1 nitrogen and oxygen atoms in total. The molecule has 0 aromatic rings. The highest BCUT2D eigenvalue weighted by molar-refractivity contribution is 5.28. The Morgan fingerprint density at radius 3 is 2.48 bits per heavy atom. The van der Waals surface area contributed by atoms with E-state index in [9.17, 15) is 5.11 Å². The molecule has 0 spiro atoms. The van der Waals surface area contributed by atoms with Gasteiger partial charge in [0.2, 0.25) is 0 Å². The van der Waals surface area contributed by atoms with Crippen molar-refractivity contribution in [2.45, 2.75) is 105 Å². The standard InChI is InChI=1S/C28H46O/c1-18(2)20(4)19(3)7-8-21-10-12-25-24-11-9-22-17-23(29)13-15-28(22,6)26(24)14-16-27(21,25)5/h7,11,18,20-23,25-26,29H,8-10,12-17H2,1-6H3/b19-7-/t20-,21-,22-,23-,25-,26-,27-,28+/m1/s1. The van der Waals surface area contributed by atoms with Crippen molar-refractivity contribution in [1.82, 2.24) is 0 Å². The van der Waals surface area contributed by atoms with E-state index in [1.807, 2.05) is 5.57 Å². The van der Waals surface area contributed by atoms with Gasteiger partial charge in [0.25, 0.3) is 0 Å². The molecule has 4 aliphatic carbocycles. The molecule has 0 aromatic heterocycles. The molecule has 0 aliphatic heterocycles. The Labute approximate surface area is 180 Å². The van der Waals surface area contributed by atoms with Crippen LogP contribution >= 0.6 is 0 Å². The molecule has 0 aromatic carbocycles. The quantitative estimate of drug-likeness (QED) is 0.484. The lowest BCUT2D eigenvalue weighted by atomic mass is 9.48. The summed E-state index contributed by atoms with van der Waals surface area (Å²) in [5.74, 6) is 4.64. The van der Waals surface area contributed by atoms with Gasteiger partial charge in [-0.05, 0) is 111 Å². The zero-order valence-corrected chi connectivity index (χ0v) is 20.0. The van der Waals surface area contributed by atoms with E-state index in [0.717, 1.165) is 36.5 Å². The molecule has 4 rings (SSSR count). The van der Waals surface area contributed by atoms with E-state index in [-0.39, 0.29) is 6.10 Å². The second-order valence-corrected chi connectivity index (χ2v) is 12.2. The van der Waals surface area contributed by atoms with Gasteiger partial charge in [-0.25, -0.2) is 0 Å². The Balaban J connectivity index is 1.52. The van der Waals surface area contributed by atoms with Crippen LogP contribution in [0.2, 0.25) is 0 Å². The molecule has 1 N–H and O–H groups in total. The SMILES string of the molecule is C/C(=C/C[C@@H]1CC[C@@H]2C3=CC[C@@H]4C[C@H](O)CC[C@]4(C)[C@@H]3CC[C@]12C)[C@H](C)C(C)C. The monoisotopic (exact) mass is 398 g/mol. The van der Waals surface area contributed by atoms with Crippen LogP contribution in [0.1, 0.15) is 99.3 Å². The van der Waals surface area contributed by atoms with Gasteiger partial charge in [0.05, 0.1) is 6.10 Å². The van der Waals surface area contributed by atoms with Crippen molar-refractivity contribution in [3.8, 4) is 0 Å². The maximum absolute atomic E-state index is 10.2. The van der Waals surface area contributed by atoms with Crippen LogP contribution in [-0.2, 0) is 0 Å². The molecule has 3 fully saturated rings. The fourth-order valence-electron chi connectivity index (χ4n) is 8.02. The average molecular weight is 399 g/mol. The van der Waals surface area contributed by atoms with E-state index in [1.54, 1.807) is 5.57 Å². The smallest absolute Gasteiger partial charge is 0.0543 e. The Bertz CT molecular complexity index is 672. The Kier molecular flexibility index (Phi) is 5.86. The van der Waals surface area contributed by atoms with Gasteiger partial charge in [-0.1, -0.05) is 57.9 Å². The molecule has 8 atom stereocenters. The molecule has 0 bridgehead atoms. The van der Waals surface area contributed by atoms with Crippen LogP contribution in [0.3, 0.4) is 0 Å². The Hall–Kier alpha value is -0.560. The van der Waals surface area contributed by atoms with Crippen molar-refractivity contribution in [3.05, 3.63) is 23.3 Å². The minimum Gasteiger partial charge on any atom is -0.393 e. The number of allylic oxidation sites excluding steroid dienone is 4. The third kappa shape index (κ3) is 3.58. The number of hydrogen-bond donors (Lipinski definition) is 1. The summed E-state index contributed by atoms with van der Waals surface area (Å²) in [6, 6.07) is 0. The molecule has 3 saturated carbocycles. The van der Waals surface area contributed by atoms with Crippen molar-refractivity contribution >= 4 is 0 Å². The maximum atomic E-state index is 10.2. The zero-order chi connectivity index (χ0) is 21.0. The van der Waals surface area contributed by atoms with Crippen LogP contribution in [0.25, 0.3) is 0 Å². The molecule has 0 heterocycles. The van der Waals surface area contributed by atoms with Crippen LogP contribution in [0, 0.1) is 46.3 Å². The second kappa shape index (κ2) is 7.85. The Morgan fingerprint density at radius 1 is 1.07 bits per heavy atom. The zero-order valence-electron chi connectivity index (χ0n) is 20.0. The number of aliphatic hydroxyl groups is 1. The number of aliphatic hydroxyl groups excluding tert-OH is 1. The first-order valence-electron chi connectivity index (χ1n) is 12.7. The van der Waals surface area contributed by atoms with Crippen LogP contribution < -0.4 is 0 Å². The van der Waals surface area contributed by atoms with Gasteiger partial charge >= 0.3 is 0 Å². The Morgan fingerprint density at radius 2 is 1.76 bits per heavy atom. The summed E-state index contributed by atoms with van der Waals surface area (Å²) in [6.45, 7) is 14.7. The van der Waals surface area contributed by atoms with Crippen molar-refractivity contribution in [1.29, 1.82) is 0 Å². The molecule has 29 heavy (non-hydrogen) atoms. The molecule has 0 radical (unpaired) electrons. The van der Waals surface area contributed by atoms with E-state index in [4.69, 9.17) is 0 Å². The third-order valence-corrected chi connectivity index (χ3v) is 10.7. The first kappa shape index (κ1) is 21.7. The van der Waals surface area contributed by atoms with Gasteiger partial charge in [0.15, 0.2) is 0 Å². The third-order valence-electron chi connectivity index (χ3n) is 10.7. The van der Waals surface area contributed by atoms with E-state index in [1.165, 1.54) is 44.9 Å². The van der Waals surface area contributed by atoms with E-state index in [0.29, 0.717) is 22.7 Å². The lowest BCUT2D eigenvalue weighted by Gasteiger charge is -2.57. The van der Waals surface area contributed by atoms with E-state index in [2.05, 4.69) is 53.7 Å². The van der Waals surface area contributed by atoms with Crippen LogP contribution in [-0.4, -0.2) is 11.2 Å². The summed E-state index contributed by atoms with van der Waals surface area (Å²) < 4.78 is 0. The number of fused-ring (bicyclic) bond motifs is 5. The van der Waals surface area contributed by atoms with E-state index >= 15 is 0 Å². The maximum Gasteiger partial charge on any atom is 0.0543 e. The summed E-state index contributed by atoms with van der Waals surface area (Å²) in [5.41, 5.74) is 4.42. The van der Waals surface area contributed by atoms with E-state index < -0.39 is 0 Å². The van der Waals surface area contributed by atoms with Crippen LogP contribution in [0.4, 0.5) is 0 Å². The summed E-state index contributed by atoms with van der Waals surface area (Å²) in [7, 11) is 0. The van der Waals surface area contributed by atoms with Crippen LogP contribution in [0.15, 0.2) is 23.3 Å². The predicted molar refractivity (Wildman–Crippen MR) is 124 cm³/mol. The summed E-state index contributed by atoms with van der Waals surface area (Å²) in [5, 5.41) is 10.2. The van der Waals surface area contributed by atoms with Gasteiger partial charge in [-0.2, -0.15) is 0 Å². The highest BCUT2D eigenvalue weighted by Gasteiger charge is 2.57. The molecule has 4 aliphatic rings. The molecule has 0 unspecified atom stereocenters. The lowest BCUT2D eigenvalue weighted by molar-refractivity contribution is -0.0397. The fraction of sp³-hybridized carbons (Fsp3) is 0.857. The normalized spacial score (nSPS) is 46.0. The minimum absolute atomic E-state index is 0.0454. The summed E-state index contributed by atoms with van der Waals surface area (Å²) >= 11 is 0. The first-order valence-corrected chi connectivity index (χ1v) is 12.7. The molecular formula is C28H46O. The molecule has 164 valence electrons. The lowest BCUT2D eigenvalue weighted by Crippen LogP contribution is -2.49. The van der Waals surface area contributed by atoms with Crippen molar-refractivity contribution in [2.75, 3.05) is 0 Å². The topological polar surface area (TPSA) is 20.2 Å². The minimum atomic E-state index is -0.0454. The predicted octanol–water partition coefficient (Wildman–Crippen LogP) is 7.55. The van der Waals surface area contributed by atoms with Gasteiger partial charge in [-0.15, -0.1) is 0 Å². The number of hydrogen-bond acceptors (Lipinski definition) is 1. The highest BCUT2D eigenvalue weighted by atomic mass is 16.3. The highest BCUT2D eigenvalue weighted by Crippen LogP contribution is 2.66. The molecule has 0 amide bonds. The molecule has 1 heteroatoms. The first-order chi connectivity index (χ1) is 13.7. The van der Waals surface area contributed by atoms with Crippen LogP contribution in [0.5, 0.6) is 0 Å². The van der Waals surface area contributed by atoms with Crippen molar-refractivity contribution < 1.29 is 5.11 Å². The summed E-state index contributed by atoms with van der Waals surface area (Å²) in [4.78, 5) is 0. The summed E-state index contributed by atoms with van der Waals surface area (Å²) in [6.07, 6.45) is 16.7. The van der Waals surface area contributed by atoms with Crippen molar-refractivity contribution in [3.63, 3.8) is 0 Å². The fourth-order valence-corrected chi connectivity index (χ4v) is 8.02. The second-order valence-electron chi connectivity index (χ2n) is 12.2. The molecule has 0 saturated heterocycles. The number of rotatable bonds is 4. The largest absolute Gasteiger partial charge is 0.393 e. The van der Waals surface area contributed by atoms with Gasteiger partial charge in [0.1, 0.15) is 0 Å². The van der Waals surface area contributed by atoms with Crippen molar-refractivity contribution in [2.24, 2.45) is 46.3 Å². The van der Waals surface area contributed by atoms with Gasteiger partial charge in [-0.3, -0.25) is 0 Å². The van der Waals surface area contributed by atoms with Gasteiger partial charge < -0.3 is 5.11 Å². The average Bonchev–Trinajstić information content (AvgIpc) is 3.02.